The third kappa shape index (κ3) is 12.4. The fraction of sp³-hybridized carbons (Fsp3) is 0.583. The first-order chi connectivity index (χ1) is 19.3. The van der Waals surface area contributed by atoms with Gasteiger partial charge in [-0.15, -0.1) is 0 Å². The van der Waals surface area contributed by atoms with E-state index in [1.165, 1.54) is 45.2 Å². The van der Waals surface area contributed by atoms with E-state index >= 15 is 0 Å². The van der Waals surface area contributed by atoms with E-state index in [4.69, 9.17) is 15.2 Å². The molecule has 0 saturated carbocycles. The highest BCUT2D eigenvalue weighted by Gasteiger charge is 2.58. The van der Waals surface area contributed by atoms with Crippen molar-refractivity contribution in [1.29, 1.82) is 0 Å². The highest BCUT2D eigenvalue weighted by molar-refractivity contribution is 5.96. The van der Waals surface area contributed by atoms with Gasteiger partial charge in [0, 0.05) is 25.8 Å². The Morgan fingerprint density at radius 1 is 1.07 bits per heavy atom. The van der Waals surface area contributed by atoms with Crippen molar-refractivity contribution in [3.05, 3.63) is 39.9 Å². The smallest absolute Gasteiger partial charge is 0.423 e. The van der Waals surface area contributed by atoms with E-state index in [1.807, 2.05) is 0 Å². The molecule has 0 unspecified atom stereocenters. The Morgan fingerprint density at radius 3 is 2.14 bits per heavy atom. The van der Waals surface area contributed by atoms with Crippen LogP contribution in [0.3, 0.4) is 0 Å². The maximum Gasteiger partial charge on any atom is 0.423 e. The van der Waals surface area contributed by atoms with Crippen molar-refractivity contribution >= 4 is 29.2 Å². The summed E-state index contributed by atoms with van der Waals surface area (Å²) in [4.78, 5) is 50.9. The number of carbonyl (C=O) groups is 3. The summed E-state index contributed by atoms with van der Waals surface area (Å²) in [5.74, 6) is -3.10. The number of alkyl halides is 6. The number of nitro benzene ring substituents is 1. The van der Waals surface area contributed by atoms with Gasteiger partial charge in [-0.2, -0.15) is 26.3 Å². The highest BCUT2D eigenvalue weighted by atomic mass is 19.4. The fourth-order valence-electron chi connectivity index (χ4n) is 3.03. The number of nitro groups is 1. The predicted molar refractivity (Wildman–Crippen MR) is 133 cm³/mol. The Kier molecular flexibility index (Phi) is 13.3. The summed E-state index contributed by atoms with van der Waals surface area (Å²) in [5.41, 5.74) is 4.52. The zero-order valence-electron chi connectivity index (χ0n) is 22.7. The molecule has 3 N–H and O–H groups in total. The molecular weight excluding hydrogens is 586 g/mol. The SMILES string of the molecule is COC(C)(C)C(=O)N[C@@H](CCCN=C(N)CC(=O)OCc1ccc([N+](=O)[O-])cc1)C(=O)COC(C(F)(F)F)C(F)(F)F. The number of amides is 1. The number of hydrogen-bond donors (Lipinski definition) is 2. The summed E-state index contributed by atoms with van der Waals surface area (Å²) >= 11 is 0. The number of non-ortho nitro benzene ring substituents is 1. The van der Waals surface area contributed by atoms with Crippen LogP contribution in [0.4, 0.5) is 32.0 Å². The molecule has 1 aromatic rings. The number of methoxy groups -OCH3 is 1. The highest BCUT2D eigenvalue weighted by Crippen LogP contribution is 2.35. The molecule has 0 aliphatic rings. The molecule has 0 bridgehead atoms. The van der Waals surface area contributed by atoms with Crippen LogP contribution < -0.4 is 11.1 Å². The first-order valence-corrected chi connectivity index (χ1v) is 12.1. The quantitative estimate of drug-likeness (QED) is 0.0538. The van der Waals surface area contributed by atoms with Crippen molar-refractivity contribution in [2.45, 2.75) is 69.8 Å². The van der Waals surface area contributed by atoms with Crippen LogP contribution in [0.2, 0.25) is 0 Å². The number of Topliss-reactive ketones (excluding diaryl/α,β-unsaturated/α-hetero) is 1. The lowest BCUT2D eigenvalue weighted by atomic mass is 10.0. The van der Waals surface area contributed by atoms with Crippen LogP contribution in [0.1, 0.15) is 38.7 Å². The summed E-state index contributed by atoms with van der Waals surface area (Å²) in [6.45, 7) is 0.694. The van der Waals surface area contributed by atoms with Crippen LogP contribution in [-0.4, -0.2) is 78.8 Å². The van der Waals surface area contributed by atoms with Gasteiger partial charge in [0.05, 0.1) is 11.0 Å². The molecule has 18 heteroatoms. The molecule has 0 heterocycles. The van der Waals surface area contributed by atoms with E-state index in [2.05, 4.69) is 15.0 Å². The molecule has 0 radical (unpaired) electrons. The van der Waals surface area contributed by atoms with Crippen LogP contribution in [0.15, 0.2) is 29.3 Å². The Bertz CT molecular complexity index is 1110. The minimum absolute atomic E-state index is 0.0371. The minimum atomic E-state index is -5.83. The number of nitrogens with one attached hydrogen (secondary N) is 1. The first-order valence-electron chi connectivity index (χ1n) is 12.1. The lowest BCUT2D eigenvalue weighted by molar-refractivity contribution is -0.384. The summed E-state index contributed by atoms with van der Waals surface area (Å²) < 4.78 is 90.3. The number of aliphatic imine (C=N–C) groups is 1. The molecule has 0 fully saturated rings. The number of carbonyl (C=O) groups excluding carboxylic acids is 3. The van der Waals surface area contributed by atoms with Gasteiger partial charge in [-0.05, 0) is 44.4 Å². The number of nitrogens with zero attached hydrogens (tertiary/aromatic N) is 2. The van der Waals surface area contributed by atoms with Gasteiger partial charge in [0.2, 0.25) is 6.10 Å². The molecule has 0 aliphatic carbocycles. The second-order valence-corrected chi connectivity index (χ2v) is 9.26. The second kappa shape index (κ2) is 15.4. The molecule has 12 nitrogen and oxygen atoms in total. The first kappa shape index (κ1) is 36.2. The van der Waals surface area contributed by atoms with Gasteiger partial charge in [-0.3, -0.25) is 29.5 Å². The van der Waals surface area contributed by atoms with Crippen LogP contribution in [0.5, 0.6) is 0 Å². The van der Waals surface area contributed by atoms with E-state index in [0.717, 1.165) is 0 Å². The van der Waals surface area contributed by atoms with E-state index < -0.39 is 65.7 Å². The van der Waals surface area contributed by atoms with Gasteiger partial charge in [-0.25, -0.2) is 0 Å². The van der Waals surface area contributed by atoms with Crippen LogP contribution in [0, 0.1) is 10.1 Å². The Hall–Kier alpha value is -3.80. The molecule has 0 spiro atoms. The average Bonchev–Trinajstić information content (AvgIpc) is 2.87. The zero-order valence-corrected chi connectivity index (χ0v) is 22.7. The van der Waals surface area contributed by atoms with Gasteiger partial charge in [0.15, 0.2) is 5.78 Å². The summed E-state index contributed by atoms with van der Waals surface area (Å²) in [7, 11) is 1.17. The molecule has 1 amide bonds. The topological polar surface area (TPSA) is 172 Å². The molecule has 0 aromatic heterocycles. The molecular formula is C24H30F6N4O8. The molecule has 236 valence electrons. The van der Waals surface area contributed by atoms with Crippen molar-refractivity contribution in [3.8, 4) is 0 Å². The maximum atomic E-state index is 12.7. The Morgan fingerprint density at radius 2 is 1.64 bits per heavy atom. The zero-order chi connectivity index (χ0) is 32.3. The predicted octanol–water partition coefficient (Wildman–Crippen LogP) is 3.15. The number of benzene rings is 1. The van der Waals surface area contributed by atoms with Gasteiger partial charge in [0.1, 0.15) is 31.1 Å². The maximum absolute atomic E-state index is 12.7. The van der Waals surface area contributed by atoms with E-state index in [1.54, 1.807) is 0 Å². The van der Waals surface area contributed by atoms with Gasteiger partial charge in [-0.1, -0.05) is 0 Å². The number of rotatable bonds is 16. The van der Waals surface area contributed by atoms with E-state index in [-0.39, 0.29) is 37.5 Å². The normalized spacial score (nSPS) is 13.5. The molecule has 0 aliphatic heterocycles. The van der Waals surface area contributed by atoms with E-state index in [9.17, 15) is 50.8 Å². The Balaban J connectivity index is 2.74. The summed E-state index contributed by atoms with van der Waals surface area (Å²) in [6, 6.07) is 3.69. The van der Waals surface area contributed by atoms with Gasteiger partial charge < -0.3 is 25.3 Å². The molecule has 42 heavy (non-hydrogen) atoms. The molecule has 1 aromatic carbocycles. The van der Waals surface area contributed by atoms with Crippen LogP contribution in [0.25, 0.3) is 0 Å². The molecule has 0 saturated heterocycles. The molecule has 1 atom stereocenters. The fourth-order valence-corrected chi connectivity index (χ4v) is 3.03. The number of halogens is 6. The number of ether oxygens (including phenoxy) is 3. The van der Waals surface area contributed by atoms with Crippen LogP contribution >= 0.6 is 0 Å². The third-order valence-corrected chi connectivity index (χ3v) is 5.58. The summed E-state index contributed by atoms with van der Waals surface area (Å²) in [5, 5.41) is 12.9. The van der Waals surface area contributed by atoms with E-state index in [0.29, 0.717) is 5.56 Å². The van der Waals surface area contributed by atoms with Crippen molar-refractivity contribution < 1.29 is 59.9 Å². The number of esters is 1. The standard InChI is InChI=1S/C24H30F6N4O8/c1-22(2,40-3)21(37)33-16(17(35)13-42-20(23(25,26)27)24(28,29)30)5-4-10-32-18(31)11-19(36)41-12-14-6-8-15(9-7-14)34(38)39/h6-9,16,20H,4-5,10-13H2,1-3H3,(H2,31,32)(H,33,37)/t16-/m0/s1. The summed E-state index contributed by atoms with van der Waals surface area (Å²) in [6.07, 6.45) is -16.6. The van der Waals surface area contributed by atoms with Crippen molar-refractivity contribution in [2.75, 3.05) is 20.3 Å². The van der Waals surface area contributed by atoms with Crippen molar-refractivity contribution in [3.63, 3.8) is 0 Å². The van der Waals surface area contributed by atoms with Crippen molar-refractivity contribution in [2.24, 2.45) is 10.7 Å². The largest absolute Gasteiger partial charge is 0.460 e. The number of ketones is 1. The van der Waals surface area contributed by atoms with Crippen molar-refractivity contribution in [1.82, 2.24) is 5.32 Å². The van der Waals surface area contributed by atoms with Gasteiger partial charge >= 0.3 is 18.3 Å². The number of amidine groups is 1. The number of hydrogen-bond acceptors (Lipinski definition) is 9. The lowest BCUT2D eigenvalue weighted by Crippen LogP contribution is -2.52. The monoisotopic (exact) mass is 616 g/mol. The third-order valence-electron chi connectivity index (χ3n) is 5.58. The van der Waals surface area contributed by atoms with Gasteiger partial charge in [0.25, 0.3) is 11.6 Å². The second-order valence-electron chi connectivity index (χ2n) is 9.26. The Labute approximate surface area is 235 Å². The lowest BCUT2D eigenvalue weighted by Gasteiger charge is -2.27. The van der Waals surface area contributed by atoms with Crippen LogP contribution in [-0.2, 0) is 35.2 Å². The molecule has 1 rings (SSSR count). The number of nitrogens with two attached hydrogens (primary N) is 1. The minimum Gasteiger partial charge on any atom is -0.460 e. The average molecular weight is 617 g/mol.